The Morgan fingerprint density at radius 2 is 1.71 bits per heavy atom. The number of hydrogen-bond donors (Lipinski definition) is 3. The molecule has 0 aliphatic heterocycles. The van der Waals surface area contributed by atoms with Crippen molar-refractivity contribution in [1.29, 1.82) is 0 Å². The van der Waals surface area contributed by atoms with Gasteiger partial charge in [0.25, 0.3) is 5.92 Å². The molecule has 1 saturated carbocycles. The third-order valence-corrected chi connectivity index (χ3v) is 5.97. The molecule has 0 spiro atoms. The minimum absolute atomic E-state index is 0.222. The number of halogens is 3. The largest absolute Gasteiger partial charge is 0.481 e. The Morgan fingerprint density at radius 3 is 2.34 bits per heavy atom. The molecular weight excluding hydrogens is 484 g/mol. The number of benzene rings is 2. The third kappa shape index (κ3) is 4.97. The first-order valence-corrected chi connectivity index (χ1v) is 10.9. The summed E-state index contributed by atoms with van der Waals surface area (Å²) in [6, 6.07) is 16.5. The highest BCUT2D eigenvalue weighted by atomic mass is 35.5. The lowest BCUT2D eigenvalue weighted by Crippen LogP contribution is -2.18. The van der Waals surface area contributed by atoms with Gasteiger partial charge in [-0.25, -0.2) is 13.6 Å². The number of carbonyl (C=O) groups is 3. The molecule has 1 fully saturated rings. The summed E-state index contributed by atoms with van der Waals surface area (Å²) >= 11 is 6.15. The number of carbonyl (C=O) groups excluding carboxylic acids is 2. The maximum absolute atomic E-state index is 13.6. The Hall–Kier alpha value is -3.92. The van der Waals surface area contributed by atoms with Gasteiger partial charge in [0.05, 0.1) is 0 Å². The number of nitrogens with one attached hydrogen (secondary N) is 2. The van der Waals surface area contributed by atoms with Gasteiger partial charge >= 0.3 is 12.1 Å². The molecule has 0 radical (unpaired) electrons. The van der Waals surface area contributed by atoms with Crippen molar-refractivity contribution in [3.8, 4) is 5.69 Å². The molecule has 11 heteroatoms. The van der Waals surface area contributed by atoms with Crippen molar-refractivity contribution in [3.05, 3.63) is 77.4 Å². The molecule has 3 N–H and O–H groups in total. The summed E-state index contributed by atoms with van der Waals surface area (Å²) in [5, 5.41) is 14.3. The molecule has 4 rings (SSSR count). The molecule has 1 aliphatic carbocycles. The van der Waals surface area contributed by atoms with Crippen molar-refractivity contribution >= 4 is 41.1 Å². The number of ether oxygens (including phenoxy) is 1. The summed E-state index contributed by atoms with van der Waals surface area (Å²) in [6.07, 6.45) is 0.400. The van der Waals surface area contributed by atoms with Crippen molar-refractivity contribution in [2.75, 3.05) is 10.6 Å². The van der Waals surface area contributed by atoms with E-state index in [0.717, 1.165) is 0 Å². The zero-order chi connectivity index (χ0) is 25.3. The number of aromatic nitrogens is 1. The number of rotatable bonds is 7. The van der Waals surface area contributed by atoms with Crippen LogP contribution in [0.1, 0.15) is 18.6 Å². The van der Waals surface area contributed by atoms with Crippen molar-refractivity contribution in [2.24, 2.45) is 11.8 Å². The van der Waals surface area contributed by atoms with Crippen LogP contribution in [-0.4, -0.2) is 33.6 Å². The van der Waals surface area contributed by atoms with Gasteiger partial charge in [0, 0.05) is 28.2 Å². The minimum Gasteiger partial charge on any atom is -0.481 e. The van der Waals surface area contributed by atoms with Crippen LogP contribution in [0, 0.1) is 11.8 Å². The van der Waals surface area contributed by atoms with Gasteiger partial charge in [0.1, 0.15) is 23.8 Å². The van der Waals surface area contributed by atoms with Crippen LogP contribution in [0.4, 0.5) is 25.1 Å². The van der Waals surface area contributed by atoms with Crippen LogP contribution in [0.2, 0.25) is 5.02 Å². The van der Waals surface area contributed by atoms with E-state index in [0.29, 0.717) is 22.1 Å². The zero-order valence-electron chi connectivity index (χ0n) is 18.2. The SMILES string of the molecule is C[C@@H](OC(=O)Nc1cccn1-c1ccc(NC(=O)C2C(C(=O)O)C2(F)F)cc1)c1ccccc1Cl. The molecule has 2 amide bonds. The van der Waals surface area contributed by atoms with Crippen LogP contribution >= 0.6 is 11.6 Å². The van der Waals surface area contributed by atoms with Gasteiger partial charge in [0.2, 0.25) is 5.91 Å². The fourth-order valence-electron chi connectivity index (χ4n) is 3.76. The monoisotopic (exact) mass is 503 g/mol. The predicted molar refractivity (Wildman–Crippen MR) is 124 cm³/mol. The molecule has 182 valence electrons. The van der Waals surface area contributed by atoms with Gasteiger partial charge in [-0.3, -0.25) is 14.9 Å². The zero-order valence-corrected chi connectivity index (χ0v) is 19.0. The van der Waals surface area contributed by atoms with E-state index < -0.39 is 41.8 Å². The molecule has 1 aliphatic rings. The lowest BCUT2D eigenvalue weighted by atomic mass is 10.1. The fourth-order valence-corrected chi connectivity index (χ4v) is 4.05. The lowest BCUT2D eigenvalue weighted by Gasteiger charge is -2.16. The van der Waals surface area contributed by atoms with E-state index in [-0.39, 0.29) is 5.69 Å². The molecule has 0 bridgehead atoms. The Labute approximate surface area is 203 Å². The average Bonchev–Trinajstić information content (AvgIpc) is 3.12. The van der Waals surface area contributed by atoms with E-state index in [9.17, 15) is 23.2 Å². The van der Waals surface area contributed by atoms with E-state index in [1.165, 1.54) is 12.1 Å². The van der Waals surface area contributed by atoms with Crippen LogP contribution in [-0.2, 0) is 14.3 Å². The van der Waals surface area contributed by atoms with Crippen LogP contribution in [0.25, 0.3) is 5.69 Å². The third-order valence-electron chi connectivity index (χ3n) is 5.62. The molecule has 1 heterocycles. The summed E-state index contributed by atoms with van der Waals surface area (Å²) in [5.41, 5.74) is 1.49. The van der Waals surface area contributed by atoms with Crippen LogP contribution in [0.15, 0.2) is 66.9 Å². The summed E-state index contributed by atoms with van der Waals surface area (Å²) in [5.74, 6) is -9.86. The van der Waals surface area contributed by atoms with Gasteiger partial charge in [-0.1, -0.05) is 29.8 Å². The summed E-state index contributed by atoms with van der Waals surface area (Å²) in [7, 11) is 0. The molecule has 2 aromatic carbocycles. The highest BCUT2D eigenvalue weighted by Gasteiger charge is 2.75. The highest BCUT2D eigenvalue weighted by molar-refractivity contribution is 6.31. The Kier molecular flexibility index (Phi) is 6.49. The second-order valence-electron chi connectivity index (χ2n) is 7.96. The van der Waals surface area contributed by atoms with E-state index in [1.807, 2.05) is 0 Å². The summed E-state index contributed by atoms with van der Waals surface area (Å²) < 4.78 is 34.2. The number of nitrogens with zero attached hydrogens (tertiary/aromatic N) is 1. The number of hydrogen-bond acceptors (Lipinski definition) is 4. The van der Waals surface area contributed by atoms with Crippen molar-refractivity contribution < 1.29 is 33.0 Å². The molecule has 3 aromatic rings. The van der Waals surface area contributed by atoms with E-state index in [4.69, 9.17) is 21.4 Å². The minimum atomic E-state index is -3.57. The highest BCUT2D eigenvalue weighted by Crippen LogP contribution is 2.55. The number of amides is 2. The van der Waals surface area contributed by atoms with Crippen LogP contribution in [0.3, 0.4) is 0 Å². The summed E-state index contributed by atoms with van der Waals surface area (Å²) in [4.78, 5) is 35.4. The molecule has 0 saturated heterocycles. The van der Waals surface area contributed by atoms with Crippen molar-refractivity contribution in [2.45, 2.75) is 19.0 Å². The van der Waals surface area contributed by atoms with E-state index in [1.54, 1.807) is 66.2 Å². The van der Waals surface area contributed by atoms with Gasteiger partial charge < -0.3 is 19.7 Å². The second kappa shape index (κ2) is 9.38. The number of carboxylic acid groups (broad SMARTS) is 1. The Bertz CT molecular complexity index is 1280. The van der Waals surface area contributed by atoms with Gasteiger partial charge in [-0.2, -0.15) is 0 Å². The first-order valence-electron chi connectivity index (χ1n) is 10.5. The molecule has 2 unspecified atom stereocenters. The van der Waals surface area contributed by atoms with Crippen LogP contribution < -0.4 is 10.6 Å². The molecule has 35 heavy (non-hydrogen) atoms. The quantitative estimate of drug-likeness (QED) is 0.403. The first-order chi connectivity index (χ1) is 16.6. The second-order valence-corrected chi connectivity index (χ2v) is 8.37. The summed E-state index contributed by atoms with van der Waals surface area (Å²) in [6.45, 7) is 1.70. The van der Waals surface area contributed by atoms with Crippen molar-refractivity contribution in [1.82, 2.24) is 4.57 Å². The molecule has 1 aromatic heterocycles. The molecular formula is C24H20ClF2N3O5. The first kappa shape index (κ1) is 24.2. The maximum atomic E-state index is 13.6. The number of alkyl halides is 2. The number of carboxylic acids is 1. The van der Waals surface area contributed by atoms with Gasteiger partial charge in [-0.15, -0.1) is 0 Å². The average molecular weight is 504 g/mol. The lowest BCUT2D eigenvalue weighted by molar-refractivity contribution is -0.141. The topological polar surface area (TPSA) is 110 Å². The van der Waals surface area contributed by atoms with Crippen molar-refractivity contribution in [3.63, 3.8) is 0 Å². The smallest absolute Gasteiger partial charge is 0.413 e. The van der Waals surface area contributed by atoms with Gasteiger partial charge in [0.15, 0.2) is 0 Å². The number of anilines is 2. The van der Waals surface area contributed by atoms with Crippen LogP contribution in [0.5, 0.6) is 0 Å². The standard InChI is InChI=1S/C24H20ClF2N3O5/c1-13(16-5-2-3-6-17(16)25)35-23(34)29-18-7-4-12-30(18)15-10-8-14(9-11-15)28-21(31)19-20(22(32)33)24(19,26)27/h2-13,19-20H,1H3,(H,28,31)(H,29,34)(H,32,33)/t13-,19?,20?/m1/s1. The molecule has 3 atom stereocenters. The predicted octanol–water partition coefficient (Wildman–Crippen LogP) is 5.34. The molecule has 8 nitrogen and oxygen atoms in total. The van der Waals surface area contributed by atoms with E-state index in [2.05, 4.69) is 10.6 Å². The maximum Gasteiger partial charge on any atom is 0.413 e. The Morgan fingerprint density at radius 1 is 1.03 bits per heavy atom. The Balaban J connectivity index is 1.39. The normalized spacial score (nSPS) is 18.9. The number of aliphatic carboxylic acids is 1. The van der Waals surface area contributed by atoms with Gasteiger partial charge in [-0.05, 0) is 49.4 Å². The fraction of sp³-hybridized carbons (Fsp3) is 0.208. The van der Waals surface area contributed by atoms with E-state index >= 15 is 0 Å².